The first-order chi connectivity index (χ1) is 9.69. The van der Waals surface area contributed by atoms with E-state index in [9.17, 15) is 4.79 Å². The van der Waals surface area contributed by atoms with Crippen LogP contribution < -0.4 is 10.1 Å². The number of alkyl halides is 1. The maximum Gasteiger partial charge on any atom is 0.224 e. The standard InChI is InChI=1S/C16H22ClNO2/c1-20-15-8-3-2-6-13(15)10-16(19)18-11-12-5-4-7-14(17)9-12/h2-3,6,8,12,14H,4-5,7,9-11H2,1H3,(H,18,19). The van der Waals surface area contributed by atoms with E-state index >= 15 is 0 Å². The van der Waals surface area contributed by atoms with Gasteiger partial charge in [0.15, 0.2) is 0 Å². The zero-order valence-electron chi connectivity index (χ0n) is 11.9. The highest BCUT2D eigenvalue weighted by molar-refractivity contribution is 6.20. The number of ether oxygens (including phenoxy) is 1. The second-order valence-corrected chi connectivity index (χ2v) is 6.04. The average Bonchev–Trinajstić information content (AvgIpc) is 2.46. The molecule has 1 aromatic carbocycles. The van der Waals surface area contributed by atoms with Gasteiger partial charge in [-0.2, -0.15) is 0 Å². The fourth-order valence-electron chi connectivity index (χ4n) is 2.75. The summed E-state index contributed by atoms with van der Waals surface area (Å²) in [5.74, 6) is 1.33. The third kappa shape index (κ3) is 4.41. The Labute approximate surface area is 125 Å². The van der Waals surface area contributed by atoms with Crippen molar-refractivity contribution in [2.45, 2.75) is 37.5 Å². The Morgan fingerprint density at radius 3 is 2.95 bits per heavy atom. The molecular formula is C16H22ClNO2. The Morgan fingerprint density at radius 1 is 1.40 bits per heavy atom. The molecule has 0 radical (unpaired) electrons. The van der Waals surface area contributed by atoms with Gasteiger partial charge in [-0.3, -0.25) is 4.79 Å². The Morgan fingerprint density at radius 2 is 2.20 bits per heavy atom. The number of carbonyl (C=O) groups is 1. The topological polar surface area (TPSA) is 38.3 Å². The van der Waals surface area contributed by atoms with Gasteiger partial charge in [0, 0.05) is 17.5 Å². The second-order valence-electron chi connectivity index (χ2n) is 5.42. The van der Waals surface area contributed by atoms with Crippen molar-refractivity contribution in [3.63, 3.8) is 0 Å². The number of halogens is 1. The van der Waals surface area contributed by atoms with Gasteiger partial charge in [-0.25, -0.2) is 0 Å². The summed E-state index contributed by atoms with van der Waals surface area (Å²) >= 11 is 6.17. The molecule has 2 atom stereocenters. The quantitative estimate of drug-likeness (QED) is 0.848. The van der Waals surface area contributed by atoms with Gasteiger partial charge >= 0.3 is 0 Å². The average molecular weight is 296 g/mol. The molecule has 0 aliphatic heterocycles. The molecule has 110 valence electrons. The molecule has 0 heterocycles. The van der Waals surface area contributed by atoms with E-state index < -0.39 is 0 Å². The second kappa shape index (κ2) is 7.53. The Bertz CT molecular complexity index is 450. The van der Waals surface area contributed by atoms with Crippen LogP contribution in [0.3, 0.4) is 0 Å². The fraction of sp³-hybridized carbons (Fsp3) is 0.562. The summed E-state index contributed by atoms with van der Waals surface area (Å²) in [5, 5.41) is 3.30. The minimum absolute atomic E-state index is 0.0474. The van der Waals surface area contributed by atoms with Crippen LogP contribution in [0.15, 0.2) is 24.3 Å². The minimum Gasteiger partial charge on any atom is -0.496 e. The molecule has 1 N–H and O–H groups in total. The van der Waals surface area contributed by atoms with Crippen LogP contribution in [-0.4, -0.2) is 24.9 Å². The monoisotopic (exact) mass is 295 g/mol. The van der Waals surface area contributed by atoms with Crippen LogP contribution in [0.4, 0.5) is 0 Å². The molecule has 0 saturated heterocycles. The van der Waals surface area contributed by atoms with E-state index in [2.05, 4.69) is 5.32 Å². The van der Waals surface area contributed by atoms with Gasteiger partial charge in [0.25, 0.3) is 0 Å². The minimum atomic E-state index is 0.0474. The van der Waals surface area contributed by atoms with E-state index in [1.54, 1.807) is 7.11 Å². The van der Waals surface area contributed by atoms with Gasteiger partial charge in [-0.1, -0.05) is 24.6 Å². The van der Waals surface area contributed by atoms with Crippen molar-refractivity contribution in [2.75, 3.05) is 13.7 Å². The van der Waals surface area contributed by atoms with Crippen molar-refractivity contribution in [2.24, 2.45) is 5.92 Å². The van der Waals surface area contributed by atoms with Crippen molar-refractivity contribution in [1.29, 1.82) is 0 Å². The van der Waals surface area contributed by atoms with Gasteiger partial charge in [-0.05, 0) is 31.2 Å². The van der Waals surface area contributed by atoms with Crippen molar-refractivity contribution in [3.8, 4) is 5.75 Å². The number of para-hydroxylation sites is 1. The number of carbonyl (C=O) groups excluding carboxylic acids is 1. The van der Waals surface area contributed by atoms with Crippen molar-refractivity contribution in [1.82, 2.24) is 5.32 Å². The van der Waals surface area contributed by atoms with Crippen LogP contribution in [0.1, 0.15) is 31.2 Å². The van der Waals surface area contributed by atoms with Gasteiger partial charge in [0.2, 0.25) is 5.91 Å². The van der Waals surface area contributed by atoms with E-state index in [1.165, 1.54) is 6.42 Å². The largest absolute Gasteiger partial charge is 0.496 e. The Hall–Kier alpha value is -1.22. The summed E-state index contributed by atoms with van der Waals surface area (Å²) in [5.41, 5.74) is 0.923. The number of hydrogen-bond acceptors (Lipinski definition) is 2. The van der Waals surface area contributed by atoms with E-state index in [4.69, 9.17) is 16.3 Å². The molecule has 2 rings (SSSR count). The Balaban J connectivity index is 1.80. The molecular weight excluding hydrogens is 274 g/mol. The smallest absolute Gasteiger partial charge is 0.224 e. The van der Waals surface area contributed by atoms with Crippen LogP contribution in [0.2, 0.25) is 0 Å². The molecule has 4 heteroatoms. The summed E-state index contributed by atoms with van der Waals surface area (Å²) < 4.78 is 5.26. The summed E-state index contributed by atoms with van der Waals surface area (Å²) in [6.45, 7) is 0.733. The van der Waals surface area contributed by atoms with Crippen LogP contribution in [0, 0.1) is 5.92 Å². The molecule has 1 aromatic rings. The van der Waals surface area contributed by atoms with E-state index in [0.29, 0.717) is 12.3 Å². The van der Waals surface area contributed by atoms with E-state index in [1.807, 2.05) is 24.3 Å². The molecule has 0 bridgehead atoms. The highest BCUT2D eigenvalue weighted by Gasteiger charge is 2.20. The number of methoxy groups -OCH3 is 1. The molecule has 1 fully saturated rings. The van der Waals surface area contributed by atoms with E-state index in [0.717, 1.165) is 37.1 Å². The lowest BCUT2D eigenvalue weighted by atomic mass is 9.89. The molecule has 1 amide bonds. The summed E-state index contributed by atoms with van der Waals surface area (Å²) in [6, 6.07) is 7.63. The van der Waals surface area contributed by atoms with Crippen LogP contribution >= 0.6 is 11.6 Å². The molecule has 1 aliphatic rings. The first-order valence-corrected chi connectivity index (χ1v) is 7.65. The normalized spacial score (nSPS) is 22.3. The lowest BCUT2D eigenvalue weighted by Crippen LogP contribution is -2.33. The third-order valence-electron chi connectivity index (χ3n) is 3.85. The van der Waals surface area contributed by atoms with Crippen molar-refractivity contribution < 1.29 is 9.53 Å². The van der Waals surface area contributed by atoms with Gasteiger partial charge in [0.1, 0.15) is 5.75 Å². The zero-order valence-corrected chi connectivity index (χ0v) is 12.7. The van der Waals surface area contributed by atoms with Gasteiger partial charge in [0.05, 0.1) is 13.5 Å². The molecule has 2 unspecified atom stereocenters. The van der Waals surface area contributed by atoms with Crippen LogP contribution in [-0.2, 0) is 11.2 Å². The lowest BCUT2D eigenvalue weighted by molar-refractivity contribution is -0.120. The van der Waals surface area contributed by atoms with Crippen molar-refractivity contribution >= 4 is 17.5 Å². The summed E-state index contributed by atoms with van der Waals surface area (Å²) in [7, 11) is 1.62. The number of rotatable bonds is 5. The highest BCUT2D eigenvalue weighted by atomic mass is 35.5. The fourth-order valence-corrected chi connectivity index (χ4v) is 3.16. The summed E-state index contributed by atoms with van der Waals surface area (Å²) in [6.07, 6.45) is 4.81. The van der Waals surface area contributed by atoms with Gasteiger partial charge in [-0.15, -0.1) is 11.6 Å². The Kier molecular flexibility index (Phi) is 5.72. The summed E-state index contributed by atoms with van der Waals surface area (Å²) in [4.78, 5) is 12.0. The molecule has 0 aromatic heterocycles. The van der Waals surface area contributed by atoms with Gasteiger partial charge < -0.3 is 10.1 Å². The molecule has 1 aliphatic carbocycles. The predicted molar refractivity (Wildman–Crippen MR) is 81.3 cm³/mol. The first-order valence-electron chi connectivity index (χ1n) is 7.21. The molecule has 0 spiro atoms. The van der Waals surface area contributed by atoms with Crippen LogP contribution in [0.5, 0.6) is 5.75 Å². The van der Waals surface area contributed by atoms with Crippen LogP contribution in [0.25, 0.3) is 0 Å². The maximum atomic E-state index is 12.0. The number of hydrogen-bond donors (Lipinski definition) is 1. The number of amides is 1. The lowest BCUT2D eigenvalue weighted by Gasteiger charge is -2.25. The molecule has 20 heavy (non-hydrogen) atoms. The predicted octanol–water partition coefficient (Wildman–Crippen LogP) is 3.15. The third-order valence-corrected chi connectivity index (χ3v) is 4.25. The number of nitrogens with one attached hydrogen (secondary N) is 1. The first kappa shape index (κ1) is 15.2. The maximum absolute atomic E-state index is 12.0. The molecule has 3 nitrogen and oxygen atoms in total. The SMILES string of the molecule is COc1ccccc1CC(=O)NCC1CCCC(Cl)C1. The highest BCUT2D eigenvalue weighted by Crippen LogP contribution is 2.27. The number of benzene rings is 1. The van der Waals surface area contributed by atoms with E-state index in [-0.39, 0.29) is 11.3 Å². The molecule has 1 saturated carbocycles. The van der Waals surface area contributed by atoms with Crippen molar-refractivity contribution in [3.05, 3.63) is 29.8 Å². The zero-order chi connectivity index (χ0) is 14.4.